The standard InChI is InChI=1S/C12H27N3/c1-4-7-11-10-12(8-5-2)14-15(13-11)9-6-3/h11-14H,4-10H2,1-3H3. The van der Waals surface area contributed by atoms with E-state index in [0.29, 0.717) is 12.1 Å². The predicted molar refractivity (Wildman–Crippen MR) is 65.3 cm³/mol. The van der Waals surface area contributed by atoms with E-state index in [0.717, 1.165) is 6.54 Å². The quantitative estimate of drug-likeness (QED) is 0.709. The van der Waals surface area contributed by atoms with Gasteiger partial charge in [0.1, 0.15) is 0 Å². The van der Waals surface area contributed by atoms with E-state index in [-0.39, 0.29) is 0 Å². The van der Waals surface area contributed by atoms with E-state index in [1.807, 2.05) is 0 Å². The van der Waals surface area contributed by atoms with E-state index in [1.54, 1.807) is 0 Å². The van der Waals surface area contributed by atoms with Gasteiger partial charge >= 0.3 is 0 Å². The Morgan fingerprint density at radius 3 is 1.87 bits per heavy atom. The molecule has 3 nitrogen and oxygen atoms in total. The van der Waals surface area contributed by atoms with Gasteiger partial charge < -0.3 is 0 Å². The zero-order chi connectivity index (χ0) is 11.1. The van der Waals surface area contributed by atoms with Crippen LogP contribution in [0.25, 0.3) is 0 Å². The van der Waals surface area contributed by atoms with Gasteiger partial charge in [-0.3, -0.25) is 0 Å². The van der Waals surface area contributed by atoms with Gasteiger partial charge in [0, 0.05) is 18.6 Å². The van der Waals surface area contributed by atoms with E-state index in [1.165, 1.54) is 38.5 Å². The Kier molecular flexibility index (Phi) is 6.22. The van der Waals surface area contributed by atoms with Crippen LogP contribution in [0.1, 0.15) is 59.3 Å². The minimum absolute atomic E-state index is 0.680. The first-order valence-corrected chi connectivity index (χ1v) is 6.60. The highest BCUT2D eigenvalue weighted by Crippen LogP contribution is 2.14. The minimum atomic E-state index is 0.680. The number of nitrogens with one attached hydrogen (secondary N) is 2. The van der Waals surface area contributed by atoms with Crippen molar-refractivity contribution in [3.8, 4) is 0 Å². The first-order valence-electron chi connectivity index (χ1n) is 6.60. The summed E-state index contributed by atoms with van der Waals surface area (Å²) in [5.74, 6) is 0. The van der Waals surface area contributed by atoms with E-state index in [9.17, 15) is 0 Å². The zero-order valence-corrected chi connectivity index (χ0v) is 10.6. The van der Waals surface area contributed by atoms with Gasteiger partial charge in [0.25, 0.3) is 0 Å². The van der Waals surface area contributed by atoms with Crippen LogP contribution in [0, 0.1) is 0 Å². The Balaban J connectivity index is 2.40. The van der Waals surface area contributed by atoms with Crippen LogP contribution in [0.5, 0.6) is 0 Å². The highest BCUT2D eigenvalue weighted by Gasteiger charge is 2.24. The van der Waals surface area contributed by atoms with Gasteiger partial charge in [-0.15, -0.1) is 0 Å². The number of hydrazine groups is 2. The Morgan fingerprint density at radius 1 is 0.933 bits per heavy atom. The van der Waals surface area contributed by atoms with Crippen molar-refractivity contribution < 1.29 is 0 Å². The molecule has 90 valence electrons. The van der Waals surface area contributed by atoms with Crippen molar-refractivity contribution in [1.29, 1.82) is 0 Å². The molecule has 1 aliphatic rings. The summed E-state index contributed by atoms with van der Waals surface area (Å²) in [6.45, 7) is 7.85. The second-order valence-corrected chi connectivity index (χ2v) is 4.62. The molecule has 2 atom stereocenters. The van der Waals surface area contributed by atoms with Gasteiger partial charge in [-0.05, 0) is 25.7 Å². The van der Waals surface area contributed by atoms with Crippen LogP contribution >= 0.6 is 0 Å². The average Bonchev–Trinajstić information content (AvgIpc) is 2.19. The Morgan fingerprint density at radius 2 is 1.47 bits per heavy atom. The molecule has 0 radical (unpaired) electrons. The normalized spacial score (nSPS) is 28.2. The molecule has 0 aromatic heterocycles. The maximum atomic E-state index is 3.57. The third kappa shape index (κ3) is 4.49. The molecule has 1 saturated heterocycles. The summed E-state index contributed by atoms with van der Waals surface area (Å²) in [7, 11) is 0. The summed E-state index contributed by atoms with van der Waals surface area (Å²) in [5.41, 5.74) is 7.13. The fourth-order valence-electron chi connectivity index (χ4n) is 2.34. The minimum Gasteiger partial charge on any atom is -0.238 e. The molecule has 0 aromatic carbocycles. The molecule has 3 heteroatoms. The summed E-state index contributed by atoms with van der Waals surface area (Å²) in [6.07, 6.45) is 7.61. The van der Waals surface area contributed by atoms with Crippen LogP contribution in [-0.2, 0) is 0 Å². The molecule has 15 heavy (non-hydrogen) atoms. The molecule has 0 aromatic rings. The first-order chi connectivity index (χ1) is 7.30. The van der Waals surface area contributed by atoms with Crippen molar-refractivity contribution in [1.82, 2.24) is 16.0 Å². The number of hydrogen-bond donors (Lipinski definition) is 2. The van der Waals surface area contributed by atoms with Crippen molar-refractivity contribution in [3.05, 3.63) is 0 Å². The summed E-state index contributed by atoms with van der Waals surface area (Å²) >= 11 is 0. The predicted octanol–water partition coefficient (Wildman–Crippen LogP) is 2.45. The lowest BCUT2D eigenvalue weighted by atomic mass is 9.99. The second-order valence-electron chi connectivity index (χ2n) is 4.62. The fraction of sp³-hybridized carbons (Fsp3) is 1.00. The van der Waals surface area contributed by atoms with Crippen molar-refractivity contribution in [2.24, 2.45) is 0 Å². The molecular formula is C12H27N3. The first kappa shape index (κ1) is 12.9. The average molecular weight is 213 g/mol. The maximum absolute atomic E-state index is 3.57. The van der Waals surface area contributed by atoms with Crippen LogP contribution in [0.15, 0.2) is 0 Å². The van der Waals surface area contributed by atoms with E-state index in [2.05, 4.69) is 36.7 Å². The molecule has 0 spiro atoms. The maximum Gasteiger partial charge on any atom is 0.0285 e. The Hall–Kier alpha value is -0.120. The van der Waals surface area contributed by atoms with E-state index >= 15 is 0 Å². The molecular weight excluding hydrogens is 186 g/mol. The number of rotatable bonds is 6. The highest BCUT2D eigenvalue weighted by molar-refractivity contribution is 4.78. The summed E-state index contributed by atoms with van der Waals surface area (Å²) in [5, 5.41) is 2.21. The zero-order valence-electron chi connectivity index (χ0n) is 10.6. The van der Waals surface area contributed by atoms with Crippen LogP contribution in [0.2, 0.25) is 0 Å². The SMILES string of the molecule is CCCC1CC(CCC)NN(CCC)N1. The van der Waals surface area contributed by atoms with Gasteiger partial charge in [-0.2, -0.15) is 5.12 Å². The lowest BCUT2D eigenvalue weighted by Crippen LogP contribution is -2.62. The lowest BCUT2D eigenvalue weighted by Gasteiger charge is -2.39. The second kappa shape index (κ2) is 7.20. The monoisotopic (exact) mass is 213 g/mol. The summed E-state index contributed by atoms with van der Waals surface area (Å²) in [6, 6.07) is 1.36. The third-order valence-corrected chi connectivity index (χ3v) is 2.97. The smallest absolute Gasteiger partial charge is 0.0285 e. The molecule has 1 rings (SSSR count). The van der Waals surface area contributed by atoms with E-state index in [4.69, 9.17) is 0 Å². The molecule has 0 bridgehead atoms. The molecule has 1 aliphatic heterocycles. The van der Waals surface area contributed by atoms with Crippen LogP contribution in [0.3, 0.4) is 0 Å². The van der Waals surface area contributed by atoms with Crippen molar-refractivity contribution in [3.63, 3.8) is 0 Å². The molecule has 2 unspecified atom stereocenters. The topological polar surface area (TPSA) is 27.3 Å². The van der Waals surface area contributed by atoms with Gasteiger partial charge in [-0.1, -0.05) is 33.6 Å². The van der Waals surface area contributed by atoms with Crippen molar-refractivity contribution in [2.75, 3.05) is 6.54 Å². The number of nitrogens with zero attached hydrogens (tertiary/aromatic N) is 1. The van der Waals surface area contributed by atoms with Crippen LogP contribution in [0.4, 0.5) is 0 Å². The van der Waals surface area contributed by atoms with Gasteiger partial charge in [0.05, 0.1) is 0 Å². The molecule has 1 fully saturated rings. The summed E-state index contributed by atoms with van der Waals surface area (Å²) < 4.78 is 0. The highest BCUT2D eigenvalue weighted by atomic mass is 15.7. The lowest BCUT2D eigenvalue weighted by molar-refractivity contribution is 0.0172. The molecule has 0 saturated carbocycles. The van der Waals surface area contributed by atoms with Crippen LogP contribution in [-0.4, -0.2) is 23.7 Å². The molecule has 0 amide bonds. The van der Waals surface area contributed by atoms with Crippen molar-refractivity contribution in [2.45, 2.75) is 71.4 Å². The van der Waals surface area contributed by atoms with Gasteiger partial charge in [0.2, 0.25) is 0 Å². The Labute approximate surface area is 94.5 Å². The van der Waals surface area contributed by atoms with Gasteiger partial charge in [-0.25, -0.2) is 10.9 Å². The van der Waals surface area contributed by atoms with Crippen molar-refractivity contribution >= 4 is 0 Å². The number of hydrogen-bond acceptors (Lipinski definition) is 3. The molecule has 1 heterocycles. The fourth-order valence-corrected chi connectivity index (χ4v) is 2.34. The molecule has 2 N–H and O–H groups in total. The summed E-state index contributed by atoms with van der Waals surface area (Å²) in [4.78, 5) is 0. The van der Waals surface area contributed by atoms with E-state index < -0.39 is 0 Å². The molecule has 0 aliphatic carbocycles. The van der Waals surface area contributed by atoms with Crippen LogP contribution < -0.4 is 10.9 Å². The third-order valence-electron chi connectivity index (χ3n) is 2.97. The van der Waals surface area contributed by atoms with Gasteiger partial charge in [0.15, 0.2) is 0 Å². The largest absolute Gasteiger partial charge is 0.238 e. The Bertz CT molecular complexity index is 126.